The SMILES string of the molecule is CCOCCCNS(=O)(=O)c1cc(Cl)cc(N)c1Br. The lowest BCUT2D eigenvalue weighted by Crippen LogP contribution is -2.26. The Kier molecular flexibility index (Phi) is 6.55. The van der Waals surface area contributed by atoms with Crippen molar-refractivity contribution in [1.82, 2.24) is 4.72 Å². The second kappa shape index (κ2) is 7.44. The van der Waals surface area contributed by atoms with E-state index in [0.717, 1.165) is 0 Å². The number of rotatable bonds is 7. The fourth-order valence-electron chi connectivity index (χ4n) is 1.38. The van der Waals surface area contributed by atoms with Gasteiger partial charge in [-0.15, -0.1) is 0 Å². The zero-order valence-electron chi connectivity index (χ0n) is 10.4. The Hall–Kier alpha value is -0.340. The van der Waals surface area contributed by atoms with Gasteiger partial charge in [0.05, 0.1) is 9.37 Å². The summed E-state index contributed by atoms with van der Waals surface area (Å²) in [5, 5.41) is 0.274. The number of benzene rings is 1. The van der Waals surface area contributed by atoms with Crippen molar-refractivity contribution < 1.29 is 13.2 Å². The van der Waals surface area contributed by atoms with Gasteiger partial charge in [0.25, 0.3) is 0 Å². The molecule has 1 rings (SSSR count). The predicted molar refractivity (Wildman–Crippen MR) is 79.9 cm³/mol. The van der Waals surface area contributed by atoms with Crippen LogP contribution in [0.4, 0.5) is 5.69 Å². The summed E-state index contributed by atoms with van der Waals surface area (Å²) in [5.74, 6) is 0. The predicted octanol–water partition coefficient (Wildman–Crippen LogP) is 2.39. The first-order valence-electron chi connectivity index (χ1n) is 5.70. The number of hydrogen-bond donors (Lipinski definition) is 2. The van der Waals surface area contributed by atoms with Crippen LogP contribution in [-0.2, 0) is 14.8 Å². The van der Waals surface area contributed by atoms with Gasteiger partial charge in [0.2, 0.25) is 10.0 Å². The van der Waals surface area contributed by atoms with Crippen LogP contribution in [0, 0.1) is 0 Å². The molecule has 0 aliphatic carbocycles. The van der Waals surface area contributed by atoms with Gasteiger partial charge in [-0.05, 0) is 41.4 Å². The molecule has 0 aliphatic rings. The Bertz CT molecular complexity index is 537. The molecule has 0 bridgehead atoms. The molecule has 0 spiro atoms. The molecule has 8 heteroatoms. The van der Waals surface area contributed by atoms with E-state index in [-0.39, 0.29) is 15.6 Å². The van der Waals surface area contributed by atoms with Crippen molar-refractivity contribution in [3.05, 3.63) is 21.6 Å². The molecule has 0 atom stereocenters. The van der Waals surface area contributed by atoms with E-state index >= 15 is 0 Å². The summed E-state index contributed by atoms with van der Waals surface area (Å²) >= 11 is 8.97. The van der Waals surface area contributed by atoms with Crippen LogP contribution < -0.4 is 10.5 Å². The lowest BCUT2D eigenvalue weighted by atomic mass is 10.3. The van der Waals surface area contributed by atoms with Crippen molar-refractivity contribution in [2.24, 2.45) is 0 Å². The van der Waals surface area contributed by atoms with Crippen LogP contribution in [0.2, 0.25) is 5.02 Å². The van der Waals surface area contributed by atoms with E-state index in [1.54, 1.807) is 0 Å². The van der Waals surface area contributed by atoms with Gasteiger partial charge in [0.15, 0.2) is 0 Å². The van der Waals surface area contributed by atoms with E-state index in [4.69, 9.17) is 22.1 Å². The second-order valence-corrected chi connectivity index (χ2v) is 6.72. The fraction of sp³-hybridized carbons (Fsp3) is 0.455. The van der Waals surface area contributed by atoms with Crippen LogP contribution in [0.15, 0.2) is 21.5 Å². The zero-order valence-corrected chi connectivity index (χ0v) is 13.6. The molecule has 5 nitrogen and oxygen atoms in total. The first-order chi connectivity index (χ1) is 8.88. The number of halogens is 2. The Morgan fingerprint density at radius 2 is 2.16 bits per heavy atom. The third-order valence-corrected chi connectivity index (χ3v) is 5.13. The van der Waals surface area contributed by atoms with Crippen LogP contribution in [0.1, 0.15) is 13.3 Å². The standard InChI is InChI=1S/C11H16BrClN2O3S/c1-2-18-5-3-4-15-19(16,17)10-7-8(13)6-9(14)11(10)12/h6-7,15H,2-5,14H2,1H3. The van der Waals surface area contributed by atoms with Gasteiger partial charge in [-0.1, -0.05) is 11.6 Å². The van der Waals surface area contributed by atoms with Gasteiger partial charge in [-0.25, -0.2) is 13.1 Å². The van der Waals surface area contributed by atoms with Crippen molar-refractivity contribution in [2.75, 3.05) is 25.5 Å². The number of sulfonamides is 1. The van der Waals surface area contributed by atoms with Crippen LogP contribution in [-0.4, -0.2) is 28.2 Å². The summed E-state index contributed by atoms with van der Waals surface area (Å²) in [6, 6.07) is 2.84. The summed E-state index contributed by atoms with van der Waals surface area (Å²) < 4.78 is 32.1. The topological polar surface area (TPSA) is 81.4 Å². The summed E-state index contributed by atoms with van der Waals surface area (Å²) in [6.07, 6.45) is 0.598. The lowest BCUT2D eigenvalue weighted by Gasteiger charge is -2.10. The summed E-state index contributed by atoms with van der Waals surface area (Å²) in [6.45, 7) is 3.30. The lowest BCUT2D eigenvalue weighted by molar-refractivity contribution is 0.146. The van der Waals surface area contributed by atoms with Crippen molar-refractivity contribution in [1.29, 1.82) is 0 Å². The molecule has 0 aliphatic heterocycles. The summed E-state index contributed by atoms with van der Waals surface area (Å²) in [4.78, 5) is 0.0360. The first-order valence-corrected chi connectivity index (χ1v) is 8.36. The maximum absolute atomic E-state index is 12.1. The molecule has 108 valence electrons. The highest BCUT2D eigenvalue weighted by atomic mass is 79.9. The minimum atomic E-state index is -3.64. The number of anilines is 1. The minimum absolute atomic E-state index is 0.0360. The Labute approximate surface area is 126 Å². The van der Waals surface area contributed by atoms with E-state index in [2.05, 4.69) is 20.7 Å². The average molecular weight is 372 g/mol. The van der Waals surface area contributed by atoms with Gasteiger partial charge < -0.3 is 10.5 Å². The van der Waals surface area contributed by atoms with E-state index in [0.29, 0.717) is 30.7 Å². The van der Waals surface area contributed by atoms with E-state index in [1.807, 2.05) is 6.92 Å². The largest absolute Gasteiger partial charge is 0.398 e. The molecule has 3 N–H and O–H groups in total. The molecular formula is C11H16BrClN2O3S. The van der Waals surface area contributed by atoms with Gasteiger partial charge in [0, 0.05) is 30.5 Å². The number of nitrogens with one attached hydrogen (secondary N) is 1. The third-order valence-electron chi connectivity index (χ3n) is 2.28. The van der Waals surface area contributed by atoms with Crippen LogP contribution in [0.25, 0.3) is 0 Å². The minimum Gasteiger partial charge on any atom is -0.398 e. The number of ether oxygens (including phenoxy) is 1. The maximum atomic E-state index is 12.1. The molecule has 0 amide bonds. The van der Waals surface area contributed by atoms with Gasteiger partial charge in [-0.2, -0.15) is 0 Å². The average Bonchev–Trinajstić information content (AvgIpc) is 2.33. The van der Waals surface area contributed by atoms with Gasteiger partial charge in [0.1, 0.15) is 0 Å². The highest BCUT2D eigenvalue weighted by molar-refractivity contribution is 9.10. The maximum Gasteiger partial charge on any atom is 0.241 e. The highest BCUT2D eigenvalue weighted by Gasteiger charge is 2.19. The van der Waals surface area contributed by atoms with Crippen molar-refractivity contribution >= 4 is 43.2 Å². The van der Waals surface area contributed by atoms with E-state index in [9.17, 15) is 8.42 Å². The first kappa shape index (κ1) is 16.7. The normalized spacial score (nSPS) is 11.7. The molecule has 0 radical (unpaired) electrons. The number of hydrogen-bond acceptors (Lipinski definition) is 4. The van der Waals surface area contributed by atoms with Gasteiger partial charge in [-0.3, -0.25) is 0 Å². The third kappa shape index (κ3) is 4.92. The molecular weight excluding hydrogens is 356 g/mol. The Balaban J connectivity index is 2.78. The quantitative estimate of drug-likeness (QED) is 0.569. The zero-order chi connectivity index (χ0) is 14.5. The summed E-state index contributed by atoms with van der Waals surface area (Å²) in [7, 11) is -3.64. The fourth-order valence-corrected chi connectivity index (χ4v) is 3.75. The van der Waals surface area contributed by atoms with E-state index < -0.39 is 10.0 Å². The molecule has 0 fully saturated rings. The molecule has 0 saturated heterocycles. The Morgan fingerprint density at radius 1 is 1.47 bits per heavy atom. The number of nitrogens with two attached hydrogens (primary N) is 1. The molecule has 0 saturated carbocycles. The van der Waals surface area contributed by atoms with E-state index in [1.165, 1.54) is 12.1 Å². The van der Waals surface area contributed by atoms with Crippen molar-refractivity contribution in [3.63, 3.8) is 0 Å². The molecule has 19 heavy (non-hydrogen) atoms. The number of nitrogen functional groups attached to an aromatic ring is 1. The van der Waals surface area contributed by atoms with Crippen LogP contribution >= 0.6 is 27.5 Å². The molecule has 0 unspecified atom stereocenters. The monoisotopic (exact) mass is 370 g/mol. The van der Waals surface area contributed by atoms with Gasteiger partial charge >= 0.3 is 0 Å². The second-order valence-electron chi connectivity index (χ2n) is 3.76. The van der Waals surface area contributed by atoms with Crippen molar-refractivity contribution in [2.45, 2.75) is 18.2 Å². The summed E-state index contributed by atoms with van der Waals surface area (Å²) in [5.41, 5.74) is 5.95. The van der Waals surface area contributed by atoms with Crippen LogP contribution in [0.3, 0.4) is 0 Å². The van der Waals surface area contributed by atoms with Crippen LogP contribution in [0.5, 0.6) is 0 Å². The Morgan fingerprint density at radius 3 is 2.79 bits per heavy atom. The molecule has 1 aromatic rings. The molecule has 0 heterocycles. The molecule has 0 aromatic heterocycles. The molecule has 1 aromatic carbocycles. The smallest absolute Gasteiger partial charge is 0.241 e. The van der Waals surface area contributed by atoms with Crippen molar-refractivity contribution in [3.8, 4) is 0 Å². The highest BCUT2D eigenvalue weighted by Crippen LogP contribution is 2.31.